The monoisotopic (exact) mass is 410 g/mol. The number of ether oxygens (including phenoxy) is 2. The number of hydrogen-bond donors (Lipinski definition) is 2. The quantitative estimate of drug-likeness (QED) is 0.680. The second-order valence-corrected chi connectivity index (χ2v) is 8.78. The van der Waals surface area contributed by atoms with E-state index in [4.69, 9.17) is 14.5 Å². The number of nitrogens with zero attached hydrogens (tertiary/aromatic N) is 5. The molecule has 2 N–H and O–H groups in total. The van der Waals surface area contributed by atoms with Gasteiger partial charge in [-0.25, -0.2) is 4.98 Å². The summed E-state index contributed by atoms with van der Waals surface area (Å²) >= 11 is 0. The molecule has 3 aromatic heterocycles. The molecule has 0 amide bonds. The Morgan fingerprint density at radius 2 is 2.10 bits per heavy atom. The first kappa shape index (κ1) is 18.3. The number of rotatable bonds is 3. The van der Waals surface area contributed by atoms with Gasteiger partial charge >= 0.3 is 0 Å². The van der Waals surface area contributed by atoms with Crippen molar-refractivity contribution in [3.63, 3.8) is 0 Å². The van der Waals surface area contributed by atoms with Crippen molar-refractivity contribution in [1.29, 1.82) is 0 Å². The molecule has 2 bridgehead atoms. The molecular weight excluding hydrogens is 384 g/mol. The molecule has 6 heterocycles. The van der Waals surface area contributed by atoms with Crippen molar-refractivity contribution in [1.82, 2.24) is 25.0 Å². The molecule has 3 aliphatic rings. The number of aromatic amines is 1. The number of hydrogen-bond acceptors (Lipinski definition) is 7. The van der Waals surface area contributed by atoms with Crippen molar-refractivity contribution in [2.45, 2.75) is 56.5 Å². The van der Waals surface area contributed by atoms with Crippen molar-refractivity contribution in [3.05, 3.63) is 30.1 Å². The van der Waals surface area contributed by atoms with Gasteiger partial charge in [0.25, 0.3) is 0 Å². The highest BCUT2D eigenvalue weighted by Crippen LogP contribution is 2.46. The second-order valence-electron chi connectivity index (χ2n) is 8.78. The predicted molar refractivity (Wildman–Crippen MR) is 110 cm³/mol. The van der Waals surface area contributed by atoms with Gasteiger partial charge in [-0.2, -0.15) is 14.9 Å². The summed E-state index contributed by atoms with van der Waals surface area (Å²) in [6.07, 6.45) is 6.98. The smallest absolute Gasteiger partial charge is 0.167 e. The lowest BCUT2D eigenvalue weighted by Crippen LogP contribution is -2.44. The maximum Gasteiger partial charge on any atom is 0.167 e. The first-order valence-corrected chi connectivity index (χ1v) is 10.7. The van der Waals surface area contributed by atoms with Crippen molar-refractivity contribution in [2.75, 3.05) is 24.7 Å². The Morgan fingerprint density at radius 1 is 1.27 bits per heavy atom. The maximum atomic E-state index is 11.8. The first-order valence-electron chi connectivity index (χ1n) is 10.7. The minimum Gasteiger partial charge on any atom is -0.385 e. The average Bonchev–Trinajstić information content (AvgIpc) is 3.47. The highest BCUT2D eigenvalue weighted by Gasteiger charge is 2.46. The van der Waals surface area contributed by atoms with E-state index in [2.05, 4.69) is 33.2 Å². The number of aliphatic hydroxyl groups is 1. The van der Waals surface area contributed by atoms with Crippen molar-refractivity contribution in [2.24, 2.45) is 0 Å². The zero-order valence-electron chi connectivity index (χ0n) is 17.0. The summed E-state index contributed by atoms with van der Waals surface area (Å²) in [6.45, 7) is 4.24. The van der Waals surface area contributed by atoms with Crippen LogP contribution in [0.25, 0.3) is 16.9 Å². The first-order chi connectivity index (χ1) is 14.6. The summed E-state index contributed by atoms with van der Waals surface area (Å²) in [5.41, 5.74) is 0.669. The molecule has 158 valence electrons. The summed E-state index contributed by atoms with van der Waals surface area (Å²) in [5, 5.41) is 24.3. The third-order valence-corrected chi connectivity index (χ3v) is 6.73. The summed E-state index contributed by atoms with van der Waals surface area (Å²) in [6, 6.07) is 4.13. The van der Waals surface area contributed by atoms with Gasteiger partial charge < -0.3 is 19.5 Å². The number of H-pyrrole nitrogens is 1. The highest BCUT2D eigenvalue weighted by atomic mass is 16.5. The summed E-state index contributed by atoms with van der Waals surface area (Å²) < 4.78 is 13.4. The average molecular weight is 410 g/mol. The molecular formula is C21H26N6O3. The normalized spacial score (nSPS) is 31.5. The number of fused-ring (bicyclic) bond motifs is 3. The fourth-order valence-electron chi connectivity index (χ4n) is 5.27. The van der Waals surface area contributed by atoms with Crippen molar-refractivity contribution >= 4 is 16.9 Å². The maximum absolute atomic E-state index is 11.8. The van der Waals surface area contributed by atoms with Crippen LogP contribution >= 0.6 is 0 Å². The molecule has 30 heavy (non-hydrogen) atoms. The molecule has 3 unspecified atom stereocenters. The van der Waals surface area contributed by atoms with Crippen molar-refractivity contribution < 1.29 is 14.6 Å². The van der Waals surface area contributed by atoms with Crippen LogP contribution in [0.1, 0.15) is 38.2 Å². The minimum atomic E-state index is -0.947. The van der Waals surface area contributed by atoms with Gasteiger partial charge in [0.2, 0.25) is 0 Å². The van der Waals surface area contributed by atoms with Gasteiger partial charge in [-0.3, -0.25) is 5.10 Å². The van der Waals surface area contributed by atoms with E-state index in [-0.39, 0.29) is 18.2 Å². The zero-order chi connectivity index (χ0) is 20.3. The second kappa shape index (κ2) is 6.76. The van der Waals surface area contributed by atoms with Gasteiger partial charge in [0.05, 0.1) is 49.5 Å². The molecule has 0 spiro atoms. The Bertz CT molecular complexity index is 1050. The topological polar surface area (TPSA) is 101 Å². The third-order valence-electron chi connectivity index (χ3n) is 6.73. The van der Waals surface area contributed by atoms with E-state index in [9.17, 15) is 5.11 Å². The van der Waals surface area contributed by atoms with Crippen molar-refractivity contribution in [3.8, 4) is 5.82 Å². The molecule has 9 heteroatoms. The van der Waals surface area contributed by atoms with Gasteiger partial charge in [0, 0.05) is 30.8 Å². The van der Waals surface area contributed by atoms with Crippen LogP contribution < -0.4 is 4.90 Å². The zero-order valence-corrected chi connectivity index (χ0v) is 17.0. The molecule has 9 nitrogen and oxygen atoms in total. The number of nitrogens with one attached hydrogen (secondary N) is 1. The standard InChI is InChI=1S/C21H26N6O3/c1-13-12-29-7-6-26(13)19-8-17(21(28)9-14-2-3-15(10-21)30-14)16-11-23-27(20(16)24-19)18-4-5-22-25-18/h4-5,8,11,13-15,28H,2-3,6-7,9-10,12H2,1H3,(H,22,25). The Labute approximate surface area is 174 Å². The third kappa shape index (κ3) is 2.84. The molecule has 0 radical (unpaired) electrons. The van der Waals surface area contributed by atoms with Gasteiger partial charge in [-0.15, -0.1) is 0 Å². The SMILES string of the molecule is CC1COCCN1c1cc(C2(O)CC3CCC(C2)O3)c2cnn(-c3ccn[nH]3)c2n1. The Morgan fingerprint density at radius 3 is 2.83 bits per heavy atom. The Hall–Kier alpha value is -2.49. The van der Waals surface area contributed by atoms with Crippen LogP contribution in [0.4, 0.5) is 5.82 Å². The molecule has 0 saturated carbocycles. The van der Waals surface area contributed by atoms with Crippen LogP contribution in [0, 0.1) is 0 Å². The van der Waals surface area contributed by atoms with Gasteiger partial charge in [0.1, 0.15) is 5.82 Å². The van der Waals surface area contributed by atoms with Crippen LogP contribution in [-0.4, -0.2) is 68.1 Å². The summed E-state index contributed by atoms with van der Waals surface area (Å²) in [7, 11) is 0. The van der Waals surface area contributed by atoms with E-state index in [1.54, 1.807) is 17.1 Å². The van der Waals surface area contributed by atoms with Gasteiger partial charge in [-0.05, 0) is 31.4 Å². The molecule has 3 aromatic rings. The summed E-state index contributed by atoms with van der Waals surface area (Å²) in [5.74, 6) is 1.59. The number of pyridine rings is 1. The molecule has 3 fully saturated rings. The van der Waals surface area contributed by atoms with Crippen LogP contribution in [0.15, 0.2) is 24.5 Å². The fourth-order valence-corrected chi connectivity index (χ4v) is 5.27. The largest absolute Gasteiger partial charge is 0.385 e. The van der Waals surface area contributed by atoms with Crippen LogP contribution in [0.2, 0.25) is 0 Å². The van der Waals surface area contributed by atoms with Gasteiger partial charge in [-0.1, -0.05) is 0 Å². The van der Waals surface area contributed by atoms with E-state index in [1.807, 2.05) is 6.07 Å². The molecule has 3 atom stereocenters. The van der Waals surface area contributed by atoms with E-state index < -0.39 is 5.60 Å². The van der Waals surface area contributed by atoms with E-state index >= 15 is 0 Å². The lowest BCUT2D eigenvalue weighted by atomic mass is 9.82. The van der Waals surface area contributed by atoms with E-state index in [0.29, 0.717) is 26.1 Å². The Balaban J connectivity index is 1.54. The summed E-state index contributed by atoms with van der Waals surface area (Å²) in [4.78, 5) is 7.24. The van der Waals surface area contributed by atoms with Crippen LogP contribution in [0.5, 0.6) is 0 Å². The lowest BCUT2D eigenvalue weighted by molar-refractivity contribution is -0.114. The molecule has 0 aliphatic carbocycles. The molecule has 3 aliphatic heterocycles. The predicted octanol–water partition coefficient (Wildman–Crippen LogP) is 1.90. The molecule has 0 aromatic carbocycles. The van der Waals surface area contributed by atoms with Crippen LogP contribution in [0.3, 0.4) is 0 Å². The number of aromatic nitrogens is 5. The van der Waals surface area contributed by atoms with Crippen LogP contribution in [-0.2, 0) is 15.1 Å². The lowest BCUT2D eigenvalue weighted by Gasteiger charge is -2.39. The highest BCUT2D eigenvalue weighted by molar-refractivity contribution is 5.83. The Kier molecular flexibility index (Phi) is 4.12. The van der Waals surface area contributed by atoms with Gasteiger partial charge in [0.15, 0.2) is 11.5 Å². The fraction of sp³-hybridized carbons (Fsp3) is 0.571. The van der Waals surface area contributed by atoms with E-state index in [0.717, 1.165) is 47.6 Å². The number of anilines is 1. The number of morpholine rings is 1. The minimum absolute atomic E-state index is 0.116. The molecule has 3 saturated heterocycles. The molecule has 6 rings (SSSR count). The van der Waals surface area contributed by atoms with E-state index in [1.165, 1.54) is 0 Å².